The summed E-state index contributed by atoms with van der Waals surface area (Å²) in [5.74, 6) is -0.348. The van der Waals surface area contributed by atoms with Crippen molar-refractivity contribution in [3.8, 4) is 0 Å². The molecule has 3 atom stereocenters. The van der Waals surface area contributed by atoms with Crippen LogP contribution in [-0.2, 0) is 19.1 Å². The predicted octanol–water partition coefficient (Wildman–Crippen LogP) is 0.623. The maximum Gasteiger partial charge on any atom is 0.233 e. The van der Waals surface area contributed by atoms with Crippen molar-refractivity contribution in [2.45, 2.75) is 26.2 Å². The third-order valence-corrected chi connectivity index (χ3v) is 4.66. The molecule has 1 saturated carbocycles. The van der Waals surface area contributed by atoms with E-state index in [0.717, 1.165) is 12.8 Å². The van der Waals surface area contributed by atoms with Crippen molar-refractivity contribution >= 4 is 17.6 Å². The Labute approximate surface area is 112 Å². The van der Waals surface area contributed by atoms with Crippen molar-refractivity contribution in [1.29, 1.82) is 0 Å². The number of hydrogen-bond acceptors (Lipinski definition) is 4. The number of fused-ring (bicyclic) bond motifs is 1. The summed E-state index contributed by atoms with van der Waals surface area (Å²) in [7, 11) is 0. The lowest BCUT2D eigenvalue weighted by Crippen LogP contribution is -2.39. The van der Waals surface area contributed by atoms with Crippen LogP contribution in [0.3, 0.4) is 0 Å². The number of likely N-dealkylation sites (tertiary alicyclic amines) is 1. The molecule has 3 aliphatic rings. The molecule has 2 saturated heterocycles. The average molecular weight is 265 g/mol. The van der Waals surface area contributed by atoms with E-state index in [4.69, 9.17) is 4.74 Å². The Morgan fingerprint density at radius 1 is 1.26 bits per heavy atom. The standard InChI is InChI=1S/C14H19NO4/c1-8-4-10-11(5-8)14(18)15(13(10)17)6-12(16)9-2-3-19-7-9/h8-11H,2-7H2,1H3. The lowest BCUT2D eigenvalue weighted by atomic mass is 10.00. The average Bonchev–Trinajstić information content (AvgIpc) is 3.05. The van der Waals surface area contributed by atoms with Gasteiger partial charge in [-0.05, 0) is 25.2 Å². The SMILES string of the molecule is CC1CC2C(=O)N(CC(=O)C3CCOC3)C(=O)C2C1. The third kappa shape index (κ3) is 2.10. The maximum absolute atomic E-state index is 12.2. The van der Waals surface area contributed by atoms with Crippen LogP contribution < -0.4 is 0 Å². The molecular weight excluding hydrogens is 246 g/mol. The summed E-state index contributed by atoms with van der Waals surface area (Å²) in [6.07, 6.45) is 2.28. The van der Waals surface area contributed by atoms with Crippen LogP contribution in [0.1, 0.15) is 26.2 Å². The first kappa shape index (κ1) is 12.8. The van der Waals surface area contributed by atoms with Gasteiger partial charge in [0.25, 0.3) is 0 Å². The van der Waals surface area contributed by atoms with Crippen LogP contribution in [0.5, 0.6) is 0 Å². The molecule has 5 nitrogen and oxygen atoms in total. The summed E-state index contributed by atoms with van der Waals surface area (Å²) in [6, 6.07) is 0. The third-order valence-electron chi connectivity index (χ3n) is 4.66. The zero-order chi connectivity index (χ0) is 13.6. The molecule has 0 aromatic rings. The Bertz CT molecular complexity index is 403. The minimum absolute atomic E-state index is 0.0350. The van der Waals surface area contributed by atoms with Crippen molar-refractivity contribution < 1.29 is 19.1 Å². The molecule has 0 aromatic heterocycles. The Morgan fingerprint density at radius 3 is 2.42 bits per heavy atom. The fourth-order valence-corrected chi connectivity index (χ4v) is 3.58. The number of carbonyl (C=O) groups excluding carboxylic acids is 3. The molecule has 0 bridgehead atoms. The van der Waals surface area contributed by atoms with E-state index in [0.29, 0.717) is 25.6 Å². The van der Waals surface area contributed by atoms with Gasteiger partial charge in [-0.25, -0.2) is 0 Å². The van der Waals surface area contributed by atoms with Crippen molar-refractivity contribution in [3.05, 3.63) is 0 Å². The monoisotopic (exact) mass is 265 g/mol. The van der Waals surface area contributed by atoms with E-state index in [1.54, 1.807) is 0 Å². The largest absolute Gasteiger partial charge is 0.381 e. The summed E-state index contributed by atoms with van der Waals surface area (Å²) >= 11 is 0. The summed E-state index contributed by atoms with van der Waals surface area (Å²) in [6.45, 7) is 3.05. The zero-order valence-electron chi connectivity index (χ0n) is 11.1. The number of Topliss-reactive ketones (excluding diaryl/α,β-unsaturated/α-hetero) is 1. The summed E-state index contributed by atoms with van der Waals surface area (Å²) in [5.41, 5.74) is 0. The van der Waals surface area contributed by atoms with Gasteiger partial charge in [0.1, 0.15) is 0 Å². The second-order valence-electron chi connectivity index (χ2n) is 6.08. The molecule has 104 valence electrons. The van der Waals surface area contributed by atoms with Crippen molar-refractivity contribution in [2.75, 3.05) is 19.8 Å². The van der Waals surface area contributed by atoms with Crippen LogP contribution in [0.2, 0.25) is 0 Å². The first-order valence-electron chi connectivity index (χ1n) is 7.03. The fraction of sp³-hybridized carbons (Fsp3) is 0.786. The van der Waals surface area contributed by atoms with Crippen LogP contribution in [0.15, 0.2) is 0 Å². The molecule has 3 rings (SSSR count). The van der Waals surface area contributed by atoms with E-state index in [1.165, 1.54) is 4.90 Å². The van der Waals surface area contributed by atoms with E-state index in [2.05, 4.69) is 6.92 Å². The molecule has 3 unspecified atom stereocenters. The van der Waals surface area contributed by atoms with Gasteiger partial charge in [-0.15, -0.1) is 0 Å². The van der Waals surface area contributed by atoms with Crippen LogP contribution in [0.4, 0.5) is 0 Å². The maximum atomic E-state index is 12.2. The summed E-state index contributed by atoms with van der Waals surface area (Å²) in [4.78, 5) is 37.7. The highest BCUT2D eigenvalue weighted by molar-refractivity contribution is 6.08. The highest BCUT2D eigenvalue weighted by Gasteiger charge is 2.52. The number of ether oxygens (including phenoxy) is 1. The minimum atomic E-state index is -0.171. The van der Waals surface area contributed by atoms with Crippen LogP contribution in [0, 0.1) is 23.7 Å². The van der Waals surface area contributed by atoms with Gasteiger partial charge in [0.15, 0.2) is 5.78 Å². The molecule has 5 heteroatoms. The van der Waals surface area contributed by atoms with Crippen LogP contribution in [-0.4, -0.2) is 42.3 Å². The van der Waals surface area contributed by atoms with Gasteiger partial charge in [0.05, 0.1) is 25.0 Å². The lowest BCUT2D eigenvalue weighted by Gasteiger charge is -2.17. The van der Waals surface area contributed by atoms with Crippen molar-refractivity contribution in [1.82, 2.24) is 4.90 Å². The first-order chi connectivity index (χ1) is 9.08. The van der Waals surface area contributed by atoms with E-state index in [1.807, 2.05) is 0 Å². The topological polar surface area (TPSA) is 63.7 Å². The van der Waals surface area contributed by atoms with Gasteiger partial charge in [0, 0.05) is 12.5 Å². The molecule has 0 spiro atoms. The molecule has 2 aliphatic heterocycles. The van der Waals surface area contributed by atoms with Crippen molar-refractivity contribution in [3.63, 3.8) is 0 Å². The molecular formula is C14H19NO4. The Hall–Kier alpha value is -1.23. The normalized spacial score (nSPS) is 38.1. The van der Waals surface area contributed by atoms with E-state index >= 15 is 0 Å². The summed E-state index contributed by atoms with van der Waals surface area (Å²) < 4.78 is 5.18. The zero-order valence-corrected chi connectivity index (χ0v) is 11.1. The number of ketones is 1. The molecule has 19 heavy (non-hydrogen) atoms. The van der Waals surface area contributed by atoms with Gasteiger partial charge >= 0.3 is 0 Å². The molecule has 2 heterocycles. The molecule has 3 fully saturated rings. The number of carbonyl (C=O) groups is 3. The van der Waals surface area contributed by atoms with Gasteiger partial charge in [-0.3, -0.25) is 19.3 Å². The van der Waals surface area contributed by atoms with Gasteiger partial charge < -0.3 is 4.74 Å². The lowest BCUT2D eigenvalue weighted by molar-refractivity contribution is -0.144. The highest BCUT2D eigenvalue weighted by Crippen LogP contribution is 2.42. The highest BCUT2D eigenvalue weighted by atomic mass is 16.5. The van der Waals surface area contributed by atoms with E-state index in [-0.39, 0.29) is 41.9 Å². The minimum Gasteiger partial charge on any atom is -0.381 e. The van der Waals surface area contributed by atoms with Crippen LogP contribution >= 0.6 is 0 Å². The quantitative estimate of drug-likeness (QED) is 0.702. The number of amides is 2. The predicted molar refractivity (Wildman–Crippen MR) is 66.0 cm³/mol. The summed E-state index contributed by atoms with van der Waals surface area (Å²) in [5, 5.41) is 0. The smallest absolute Gasteiger partial charge is 0.233 e. The number of nitrogens with zero attached hydrogens (tertiary/aromatic N) is 1. The number of imide groups is 1. The Kier molecular flexibility index (Phi) is 3.17. The Balaban J connectivity index is 1.67. The van der Waals surface area contributed by atoms with Gasteiger partial charge in [-0.1, -0.05) is 6.92 Å². The number of rotatable bonds is 3. The van der Waals surface area contributed by atoms with E-state index in [9.17, 15) is 14.4 Å². The van der Waals surface area contributed by atoms with Crippen LogP contribution in [0.25, 0.3) is 0 Å². The molecule has 2 amide bonds. The fourth-order valence-electron chi connectivity index (χ4n) is 3.58. The van der Waals surface area contributed by atoms with E-state index < -0.39 is 0 Å². The first-order valence-corrected chi connectivity index (χ1v) is 7.03. The molecule has 0 aromatic carbocycles. The number of hydrogen-bond donors (Lipinski definition) is 0. The Morgan fingerprint density at radius 2 is 1.89 bits per heavy atom. The second kappa shape index (κ2) is 4.71. The molecule has 0 radical (unpaired) electrons. The second-order valence-corrected chi connectivity index (χ2v) is 6.08. The van der Waals surface area contributed by atoms with Gasteiger partial charge in [-0.2, -0.15) is 0 Å². The van der Waals surface area contributed by atoms with Crippen molar-refractivity contribution in [2.24, 2.45) is 23.7 Å². The molecule has 0 N–H and O–H groups in total. The van der Waals surface area contributed by atoms with Gasteiger partial charge in [0.2, 0.25) is 11.8 Å². The molecule has 1 aliphatic carbocycles.